The van der Waals surface area contributed by atoms with E-state index in [0.717, 1.165) is 10.0 Å². The first kappa shape index (κ1) is 13.1. The number of hydrogen-bond acceptors (Lipinski definition) is 1. The Morgan fingerprint density at radius 2 is 1.94 bits per heavy atom. The smallest absolute Gasteiger partial charge is 0.255 e. The summed E-state index contributed by atoms with van der Waals surface area (Å²) in [6.07, 6.45) is 0. The summed E-state index contributed by atoms with van der Waals surface area (Å²) in [4.78, 5) is 12.1. The van der Waals surface area contributed by atoms with Crippen LogP contribution in [0.2, 0.25) is 5.02 Å². The molecule has 1 amide bonds. The average molecular weight is 325 g/mol. The highest BCUT2D eigenvalue weighted by Crippen LogP contribution is 2.26. The van der Waals surface area contributed by atoms with Gasteiger partial charge in [-0.15, -0.1) is 0 Å². The van der Waals surface area contributed by atoms with Gasteiger partial charge in [0.15, 0.2) is 0 Å². The van der Waals surface area contributed by atoms with Gasteiger partial charge < -0.3 is 5.32 Å². The zero-order valence-electron chi connectivity index (χ0n) is 9.71. The fourth-order valence-corrected chi connectivity index (χ4v) is 2.14. The molecule has 1 N–H and O–H groups in total. The van der Waals surface area contributed by atoms with Crippen LogP contribution in [-0.4, -0.2) is 5.91 Å². The molecule has 18 heavy (non-hydrogen) atoms. The molecule has 0 spiro atoms. The van der Waals surface area contributed by atoms with Crippen molar-refractivity contribution in [1.29, 1.82) is 0 Å². The zero-order valence-corrected chi connectivity index (χ0v) is 12.0. The molecule has 0 atom stereocenters. The normalized spacial score (nSPS) is 10.2. The van der Waals surface area contributed by atoms with E-state index >= 15 is 0 Å². The van der Waals surface area contributed by atoms with E-state index in [1.165, 1.54) is 0 Å². The van der Waals surface area contributed by atoms with Crippen molar-refractivity contribution < 1.29 is 4.79 Å². The second-order valence-corrected chi connectivity index (χ2v) is 5.22. The number of halogens is 2. The number of amides is 1. The molecule has 0 fully saturated rings. The van der Waals surface area contributed by atoms with Crippen molar-refractivity contribution in [3.05, 3.63) is 63.1 Å². The van der Waals surface area contributed by atoms with Gasteiger partial charge >= 0.3 is 0 Å². The van der Waals surface area contributed by atoms with E-state index in [1.54, 1.807) is 18.2 Å². The molecular weight excluding hydrogens is 314 g/mol. The van der Waals surface area contributed by atoms with Crippen molar-refractivity contribution in [2.75, 3.05) is 5.32 Å². The van der Waals surface area contributed by atoms with Gasteiger partial charge in [0.1, 0.15) is 0 Å². The van der Waals surface area contributed by atoms with Crippen molar-refractivity contribution in [2.45, 2.75) is 6.92 Å². The van der Waals surface area contributed by atoms with Gasteiger partial charge in [-0.2, -0.15) is 0 Å². The van der Waals surface area contributed by atoms with Crippen LogP contribution in [0.25, 0.3) is 0 Å². The van der Waals surface area contributed by atoms with Crippen LogP contribution < -0.4 is 5.32 Å². The molecule has 2 aromatic rings. The number of carbonyl (C=O) groups is 1. The number of hydrogen-bond donors (Lipinski definition) is 1. The third kappa shape index (κ3) is 2.92. The summed E-state index contributed by atoms with van der Waals surface area (Å²) in [5.74, 6) is -0.159. The van der Waals surface area contributed by atoms with Crippen LogP contribution in [0.1, 0.15) is 15.9 Å². The van der Waals surface area contributed by atoms with Crippen LogP contribution in [0.3, 0.4) is 0 Å². The highest BCUT2D eigenvalue weighted by molar-refractivity contribution is 9.10. The fourth-order valence-electron chi connectivity index (χ4n) is 1.61. The molecule has 0 aliphatic rings. The van der Waals surface area contributed by atoms with Gasteiger partial charge in [0.2, 0.25) is 0 Å². The third-order valence-electron chi connectivity index (χ3n) is 2.57. The Labute approximate surface area is 119 Å². The SMILES string of the molecule is Cc1ccccc1C(=O)Nc1cc(Br)ccc1Cl. The molecule has 92 valence electrons. The minimum atomic E-state index is -0.159. The minimum Gasteiger partial charge on any atom is -0.321 e. The molecule has 0 aliphatic heterocycles. The van der Waals surface area contributed by atoms with E-state index in [-0.39, 0.29) is 5.91 Å². The Morgan fingerprint density at radius 3 is 2.67 bits per heavy atom. The fraction of sp³-hybridized carbons (Fsp3) is 0.0714. The van der Waals surface area contributed by atoms with Crippen molar-refractivity contribution in [3.8, 4) is 0 Å². The number of carbonyl (C=O) groups excluding carboxylic acids is 1. The Morgan fingerprint density at radius 1 is 1.22 bits per heavy atom. The molecule has 0 aliphatic carbocycles. The van der Waals surface area contributed by atoms with Crippen LogP contribution >= 0.6 is 27.5 Å². The van der Waals surface area contributed by atoms with Gasteiger partial charge in [-0.05, 0) is 36.8 Å². The van der Waals surface area contributed by atoms with Crippen molar-refractivity contribution in [1.82, 2.24) is 0 Å². The maximum absolute atomic E-state index is 12.1. The first-order valence-electron chi connectivity index (χ1n) is 5.40. The molecule has 0 unspecified atom stereocenters. The lowest BCUT2D eigenvalue weighted by Gasteiger charge is -2.09. The third-order valence-corrected chi connectivity index (χ3v) is 3.39. The second-order valence-electron chi connectivity index (χ2n) is 3.89. The highest BCUT2D eigenvalue weighted by Gasteiger charge is 2.10. The molecule has 0 heterocycles. The van der Waals surface area contributed by atoms with E-state index < -0.39 is 0 Å². The maximum Gasteiger partial charge on any atom is 0.255 e. The van der Waals surface area contributed by atoms with Gasteiger partial charge in [-0.25, -0.2) is 0 Å². The molecule has 4 heteroatoms. The summed E-state index contributed by atoms with van der Waals surface area (Å²) in [6.45, 7) is 1.90. The van der Waals surface area contributed by atoms with Crippen LogP contribution in [0, 0.1) is 6.92 Å². The molecule has 2 aromatic carbocycles. The predicted molar refractivity (Wildman–Crippen MR) is 78.3 cm³/mol. The molecule has 0 bridgehead atoms. The summed E-state index contributed by atoms with van der Waals surface area (Å²) in [6, 6.07) is 12.8. The van der Waals surface area contributed by atoms with Crippen LogP contribution in [0.4, 0.5) is 5.69 Å². The van der Waals surface area contributed by atoms with E-state index in [1.807, 2.05) is 31.2 Å². The molecule has 2 nitrogen and oxygen atoms in total. The van der Waals surface area contributed by atoms with Crippen LogP contribution in [0.5, 0.6) is 0 Å². The van der Waals surface area contributed by atoms with E-state index in [0.29, 0.717) is 16.3 Å². The van der Waals surface area contributed by atoms with Crippen molar-refractivity contribution >= 4 is 39.1 Å². The molecular formula is C14H11BrClNO. The largest absolute Gasteiger partial charge is 0.321 e. The van der Waals surface area contributed by atoms with Gasteiger partial charge in [0.25, 0.3) is 5.91 Å². The minimum absolute atomic E-state index is 0.159. The average Bonchev–Trinajstić information content (AvgIpc) is 2.34. The predicted octanol–water partition coefficient (Wildman–Crippen LogP) is 4.66. The summed E-state index contributed by atoms with van der Waals surface area (Å²) >= 11 is 9.38. The first-order valence-corrected chi connectivity index (χ1v) is 6.57. The van der Waals surface area contributed by atoms with Gasteiger partial charge in [-0.3, -0.25) is 4.79 Å². The second kappa shape index (κ2) is 5.55. The van der Waals surface area contributed by atoms with Crippen molar-refractivity contribution in [3.63, 3.8) is 0 Å². The number of aryl methyl sites for hydroxylation is 1. The topological polar surface area (TPSA) is 29.1 Å². The number of rotatable bonds is 2. The summed E-state index contributed by atoms with van der Waals surface area (Å²) in [7, 11) is 0. The maximum atomic E-state index is 12.1. The van der Waals surface area contributed by atoms with Gasteiger partial charge in [0, 0.05) is 10.0 Å². The van der Waals surface area contributed by atoms with Gasteiger partial charge in [-0.1, -0.05) is 45.7 Å². The van der Waals surface area contributed by atoms with Crippen LogP contribution in [0.15, 0.2) is 46.9 Å². The lowest BCUT2D eigenvalue weighted by Crippen LogP contribution is -2.13. The van der Waals surface area contributed by atoms with Gasteiger partial charge in [0.05, 0.1) is 10.7 Å². The lowest BCUT2D eigenvalue weighted by molar-refractivity contribution is 0.102. The highest BCUT2D eigenvalue weighted by atomic mass is 79.9. The Bertz CT molecular complexity index is 598. The molecule has 0 saturated carbocycles. The van der Waals surface area contributed by atoms with E-state index in [4.69, 9.17) is 11.6 Å². The Kier molecular flexibility index (Phi) is 4.04. The summed E-state index contributed by atoms with van der Waals surface area (Å²) in [5, 5.41) is 3.32. The van der Waals surface area contributed by atoms with E-state index in [9.17, 15) is 4.79 Å². The standard InChI is InChI=1S/C14H11BrClNO/c1-9-4-2-3-5-11(9)14(18)17-13-8-10(15)6-7-12(13)16/h2-8H,1H3,(H,17,18). The Balaban J connectivity index is 2.27. The quantitative estimate of drug-likeness (QED) is 0.855. The molecule has 0 radical (unpaired) electrons. The first-order chi connectivity index (χ1) is 8.58. The number of nitrogens with one attached hydrogen (secondary N) is 1. The number of benzene rings is 2. The van der Waals surface area contributed by atoms with Crippen molar-refractivity contribution in [2.24, 2.45) is 0 Å². The molecule has 0 aromatic heterocycles. The molecule has 2 rings (SSSR count). The van der Waals surface area contributed by atoms with E-state index in [2.05, 4.69) is 21.2 Å². The Hall–Kier alpha value is -1.32. The monoisotopic (exact) mass is 323 g/mol. The lowest BCUT2D eigenvalue weighted by atomic mass is 10.1. The molecule has 0 saturated heterocycles. The number of anilines is 1. The van der Waals surface area contributed by atoms with Crippen LogP contribution in [-0.2, 0) is 0 Å². The zero-order chi connectivity index (χ0) is 13.1. The summed E-state index contributed by atoms with van der Waals surface area (Å²) < 4.78 is 0.868. The summed E-state index contributed by atoms with van der Waals surface area (Å²) in [5.41, 5.74) is 2.17.